The standard InChI is InChI=1S/C21H37NO4Si/c1-14(26-27(8,9)21(5,6)7)17-15-12-10-11-13-16(22(15)18(17)23)19(24)25-20(2,3)4/h10-11,14-17H,12-13H2,1-9H3/t14-,15-,16+,17-/m1/s1. The van der Waals surface area contributed by atoms with Crippen LogP contribution >= 0.6 is 0 Å². The molecule has 0 aromatic rings. The van der Waals surface area contributed by atoms with Gasteiger partial charge in [0.1, 0.15) is 11.6 Å². The highest BCUT2D eigenvalue weighted by Gasteiger charge is 2.55. The molecule has 0 bridgehead atoms. The van der Waals surface area contributed by atoms with Gasteiger partial charge in [-0.05, 0) is 58.7 Å². The van der Waals surface area contributed by atoms with Crippen LogP contribution in [0.3, 0.4) is 0 Å². The minimum Gasteiger partial charge on any atom is -0.458 e. The van der Waals surface area contributed by atoms with Gasteiger partial charge in [-0.3, -0.25) is 4.79 Å². The molecule has 1 saturated heterocycles. The van der Waals surface area contributed by atoms with Crippen molar-refractivity contribution in [1.29, 1.82) is 0 Å². The summed E-state index contributed by atoms with van der Waals surface area (Å²) in [7, 11) is -1.96. The highest BCUT2D eigenvalue weighted by atomic mass is 28.4. The van der Waals surface area contributed by atoms with Gasteiger partial charge >= 0.3 is 5.97 Å². The van der Waals surface area contributed by atoms with Crippen LogP contribution < -0.4 is 0 Å². The third-order valence-corrected chi connectivity index (χ3v) is 10.6. The third kappa shape index (κ3) is 4.65. The summed E-state index contributed by atoms with van der Waals surface area (Å²) in [6, 6.07) is -0.523. The van der Waals surface area contributed by atoms with Crippen molar-refractivity contribution >= 4 is 20.2 Å². The molecule has 0 saturated carbocycles. The van der Waals surface area contributed by atoms with Crippen molar-refractivity contribution in [3.05, 3.63) is 12.2 Å². The monoisotopic (exact) mass is 395 g/mol. The van der Waals surface area contributed by atoms with Crippen LogP contribution in [0, 0.1) is 5.92 Å². The van der Waals surface area contributed by atoms with E-state index in [4.69, 9.17) is 9.16 Å². The molecule has 0 aromatic heterocycles. The van der Waals surface area contributed by atoms with Crippen molar-refractivity contribution in [2.75, 3.05) is 0 Å². The molecule has 5 nitrogen and oxygen atoms in total. The molecule has 0 spiro atoms. The fraction of sp³-hybridized carbons (Fsp3) is 0.810. The first-order chi connectivity index (χ1) is 12.2. The maximum absolute atomic E-state index is 13.0. The Kier molecular flexibility index (Phi) is 6.03. The molecule has 2 rings (SSSR count). The Hall–Kier alpha value is -1.14. The number of esters is 1. The molecule has 2 aliphatic heterocycles. The van der Waals surface area contributed by atoms with Gasteiger partial charge in [-0.2, -0.15) is 0 Å². The van der Waals surface area contributed by atoms with E-state index in [9.17, 15) is 9.59 Å². The van der Waals surface area contributed by atoms with Crippen molar-refractivity contribution in [1.82, 2.24) is 4.90 Å². The summed E-state index contributed by atoms with van der Waals surface area (Å²) in [6.07, 6.45) is 5.21. The van der Waals surface area contributed by atoms with Gasteiger partial charge in [0.25, 0.3) is 0 Å². The van der Waals surface area contributed by atoms with Crippen LogP contribution in [0.5, 0.6) is 0 Å². The fourth-order valence-electron chi connectivity index (χ4n) is 3.62. The number of fused-ring (bicyclic) bond motifs is 1. The second-order valence-electron chi connectivity index (χ2n) is 10.4. The predicted molar refractivity (Wildman–Crippen MR) is 110 cm³/mol. The quantitative estimate of drug-likeness (QED) is 0.308. The second kappa shape index (κ2) is 7.36. The Labute approximate surface area is 165 Å². The summed E-state index contributed by atoms with van der Waals surface area (Å²) in [4.78, 5) is 27.4. The average molecular weight is 396 g/mol. The highest BCUT2D eigenvalue weighted by Crippen LogP contribution is 2.42. The van der Waals surface area contributed by atoms with Crippen LogP contribution in [0.15, 0.2) is 12.2 Å². The van der Waals surface area contributed by atoms with Crippen molar-refractivity contribution < 1.29 is 18.8 Å². The summed E-state index contributed by atoms with van der Waals surface area (Å²) in [5, 5.41) is 0.0934. The van der Waals surface area contributed by atoms with E-state index in [-0.39, 0.29) is 35.0 Å². The minimum atomic E-state index is -1.96. The van der Waals surface area contributed by atoms with Crippen molar-refractivity contribution in [2.24, 2.45) is 5.92 Å². The number of rotatable bonds is 4. The largest absolute Gasteiger partial charge is 0.458 e. The van der Waals surface area contributed by atoms with Gasteiger partial charge in [0.05, 0.1) is 18.1 Å². The molecule has 0 unspecified atom stereocenters. The van der Waals surface area contributed by atoms with Gasteiger partial charge in [-0.15, -0.1) is 0 Å². The van der Waals surface area contributed by atoms with E-state index in [1.54, 1.807) is 4.90 Å². The van der Waals surface area contributed by atoms with Crippen LogP contribution in [0.2, 0.25) is 18.1 Å². The van der Waals surface area contributed by atoms with Crippen LogP contribution in [0.1, 0.15) is 61.3 Å². The van der Waals surface area contributed by atoms with E-state index in [2.05, 4.69) is 39.9 Å². The molecule has 0 aliphatic carbocycles. The molecule has 1 fully saturated rings. The summed E-state index contributed by atoms with van der Waals surface area (Å²) >= 11 is 0. The number of ether oxygens (including phenoxy) is 1. The minimum absolute atomic E-state index is 0.00790. The maximum Gasteiger partial charge on any atom is 0.329 e. The molecule has 2 aliphatic rings. The van der Waals surface area contributed by atoms with E-state index in [1.807, 2.05) is 33.8 Å². The van der Waals surface area contributed by atoms with E-state index < -0.39 is 20.0 Å². The number of carbonyl (C=O) groups is 2. The van der Waals surface area contributed by atoms with E-state index in [0.29, 0.717) is 6.42 Å². The Morgan fingerprint density at radius 1 is 1.15 bits per heavy atom. The smallest absolute Gasteiger partial charge is 0.329 e. The highest BCUT2D eigenvalue weighted by molar-refractivity contribution is 6.74. The zero-order valence-corrected chi connectivity index (χ0v) is 19.5. The Bertz CT molecular complexity index is 615. The van der Waals surface area contributed by atoms with Crippen LogP contribution in [0.25, 0.3) is 0 Å². The normalized spacial score (nSPS) is 27.5. The number of β-lactam (4-membered cyclic amide) rings is 1. The van der Waals surface area contributed by atoms with Crippen LogP contribution in [-0.4, -0.2) is 48.9 Å². The third-order valence-electron chi connectivity index (χ3n) is 6.02. The number of nitrogens with zero attached hydrogens (tertiary/aromatic N) is 1. The second-order valence-corrected chi connectivity index (χ2v) is 15.2. The zero-order valence-electron chi connectivity index (χ0n) is 18.5. The molecule has 2 heterocycles. The van der Waals surface area contributed by atoms with E-state index >= 15 is 0 Å². The molecular formula is C21H37NO4Si. The predicted octanol–water partition coefficient (Wildman–Crippen LogP) is 4.28. The summed E-state index contributed by atoms with van der Waals surface area (Å²) in [6.45, 7) is 18.6. The summed E-state index contributed by atoms with van der Waals surface area (Å²) < 4.78 is 12.1. The van der Waals surface area contributed by atoms with Gasteiger partial charge in [-0.1, -0.05) is 32.9 Å². The SMILES string of the molecule is C[C@@H](O[Si](C)(C)C(C)(C)C)[C@H]1C(=O)N2[C@@H]1CC=CC[C@H]2C(=O)OC(C)(C)C. The average Bonchev–Trinajstić information content (AvgIpc) is 2.63. The Balaban J connectivity index is 2.15. The number of hydrogen-bond acceptors (Lipinski definition) is 4. The summed E-state index contributed by atoms with van der Waals surface area (Å²) in [5.74, 6) is -0.485. The topological polar surface area (TPSA) is 55.8 Å². The van der Waals surface area contributed by atoms with Crippen LogP contribution in [0.4, 0.5) is 0 Å². The molecule has 0 aromatic carbocycles. The Morgan fingerprint density at radius 3 is 2.22 bits per heavy atom. The molecule has 1 amide bonds. The van der Waals surface area contributed by atoms with E-state index in [1.165, 1.54) is 0 Å². The molecule has 0 N–H and O–H groups in total. The van der Waals surface area contributed by atoms with Crippen molar-refractivity contribution in [3.63, 3.8) is 0 Å². The first-order valence-electron chi connectivity index (χ1n) is 10.0. The lowest BCUT2D eigenvalue weighted by molar-refractivity contribution is -0.182. The molecular weight excluding hydrogens is 358 g/mol. The molecule has 6 heteroatoms. The zero-order chi connectivity index (χ0) is 20.8. The lowest BCUT2D eigenvalue weighted by atomic mass is 9.80. The lowest BCUT2D eigenvalue weighted by Gasteiger charge is -2.52. The number of amides is 1. The molecule has 4 atom stereocenters. The Morgan fingerprint density at radius 2 is 1.70 bits per heavy atom. The fourth-order valence-corrected chi connectivity index (χ4v) is 5.05. The van der Waals surface area contributed by atoms with Crippen molar-refractivity contribution in [2.45, 2.75) is 103 Å². The van der Waals surface area contributed by atoms with E-state index in [0.717, 1.165) is 6.42 Å². The molecule has 154 valence electrons. The van der Waals surface area contributed by atoms with Gasteiger partial charge in [0, 0.05) is 0 Å². The first kappa shape index (κ1) is 22.1. The van der Waals surface area contributed by atoms with Gasteiger partial charge in [0.2, 0.25) is 5.91 Å². The maximum atomic E-state index is 13.0. The summed E-state index contributed by atoms with van der Waals surface area (Å²) in [5.41, 5.74) is -0.561. The van der Waals surface area contributed by atoms with Crippen molar-refractivity contribution in [3.8, 4) is 0 Å². The first-order valence-corrected chi connectivity index (χ1v) is 12.9. The molecule has 0 radical (unpaired) electrons. The lowest BCUT2D eigenvalue weighted by Crippen LogP contribution is -2.69. The van der Waals surface area contributed by atoms with Gasteiger partial charge in [-0.25, -0.2) is 4.79 Å². The van der Waals surface area contributed by atoms with Gasteiger partial charge in [0.15, 0.2) is 8.32 Å². The number of hydrogen-bond donors (Lipinski definition) is 0. The molecule has 27 heavy (non-hydrogen) atoms. The number of carbonyl (C=O) groups excluding carboxylic acids is 2. The van der Waals surface area contributed by atoms with Gasteiger partial charge < -0.3 is 14.1 Å². The van der Waals surface area contributed by atoms with Crippen LogP contribution in [-0.2, 0) is 18.8 Å².